The van der Waals surface area contributed by atoms with Crippen LogP contribution in [-0.4, -0.2) is 47.3 Å². The third-order valence-corrected chi connectivity index (χ3v) is 5.57. The predicted octanol–water partition coefficient (Wildman–Crippen LogP) is 3.74. The van der Waals surface area contributed by atoms with Crippen LogP contribution in [0.3, 0.4) is 0 Å². The van der Waals surface area contributed by atoms with Crippen molar-refractivity contribution in [2.75, 3.05) is 41.3 Å². The van der Waals surface area contributed by atoms with Crippen molar-refractivity contribution >= 4 is 33.9 Å². The molecule has 0 aliphatic carbocycles. The Balaban J connectivity index is 1.38. The number of pyridine rings is 1. The molecule has 0 atom stereocenters. The van der Waals surface area contributed by atoms with E-state index in [1.807, 2.05) is 24.3 Å². The quantitative estimate of drug-likeness (QED) is 0.534. The van der Waals surface area contributed by atoms with Crippen molar-refractivity contribution in [3.8, 4) is 0 Å². The SMILES string of the molecule is O=C(Nc1cccnc1)c1nnc(N2CCN(c3ccc(F)cc3)CC2)c2ccccc12. The number of carbonyl (C=O) groups is 1. The maximum Gasteiger partial charge on any atom is 0.276 e. The minimum absolute atomic E-state index is 0.234. The molecule has 1 fully saturated rings. The zero-order valence-electron chi connectivity index (χ0n) is 17.3. The molecule has 7 nitrogen and oxygen atoms in total. The number of fused-ring (bicyclic) bond motifs is 1. The Labute approximate surface area is 184 Å². The molecule has 8 heteroatoms. The van der Waals surface area contributed by atoms with Gasteiger partial charge in [0.25, 0.3) is 5.91 Å². The molecule has 2 aromatic heterocycles. The third-order valence-electron chi connectivity index (χ3n) is 5.57. The van der Waals surface area contributed by atoms with Gasteiger partial charge < -0.3 is 15.1 Å². The van der Waals surface area contributed by atoms with Gasteiger partial charge >= 0.3 is 0 Å². The number of aromatic nitrogens is 3. The van der Waals surface area contributed by atoms with Crippen molar-refractivity contribution < 1.29 is 9.18 Å². The van der Waals surface area contributed by atoms with Gasteiger partial charge in [-0.2, -0.15) is 0 Å². The summed E-state index contributed by atoms with van der Waals surface area (Å²) in [5, 5.41) is 13.2. The molecule has 1 aliphatic heterocycles. The molecule has 0 radical (unpaired) electrons. The first kappa shape index (κ1) is 19.9. The van der Waals surface area contributed by atoms with Gasteiger partial charge in [0.1, 0.15) is 5.82 Å². The largest absolute Gasteiger partial charge is 0.368 e. The van der Waals surface area contributed by atoms with E-state index in [1.165, 1.54) is 12.1 Å². The standard InChI is InChI=1S/C24H21FN6O/c25-17-7-9-19(10-8-17)30-12-14-31(15-13-30)23-21-6-2-1-5-20(21)22(28-29-23)24(32)27-18-4-3-11-26-16-18/h1-11,16H,12-15H2,(H,27,32). The van der Waals surface area contributed by atoms with Crippen LogP contribution in [0.2, 0.25) is 0 Å². The second-order valence-corrected chi connectivity index (χ2v) is 7.56. The number of piperazine rings is 1. The van der Waals surface area contributed by atoms with E-state index in [2.05, 4.69) is 30.3 Å². The fourth-order valence-corrected chi connectivity index (χ4v) is 3.95. The molecule has 5 rings (SSSR count). The van der Waals surface area contributed by atoms with Gasteiger partial charge in [-0.1, -0.05) is 24.3 Å². The van der Waals surface area contributed by atoms with E-state index in [4.69, 9.17) is 0 Å². The normalized spacial score (nSPS) is 13.9. The summed E-state index contributed by atoms with van der Waals surface area (Å²) in [6.45, 7) is 3.06. The molecule has 3 heterocycles. The van der Waals surface area contributed by atoms with Gasteiger partial charge in [-0.05, 0) is 36.4 Å². The van der Waals surface area contributed by atoms with Crippen molar-refractivity contribution in [3.05, 3.63) is 84.6 Å². The van der Waals surface area contributed by atoms with Crippen LogP contribution in [0.5, 0.6) is 0 Å². The molecular formula is C24H21FN6O. The summed E-state index contributed by atoms with van der Waals surface area (Å²) in [6.07, 6.45) is 3.23. The number of nitrogens with zero attached hydrogens (tertiary/aromatic N) is 5. The third kappa shape index (κ3) is 3.94. The highest BCUT2D eigenvalue weighted by Gasteiger charge is 2.23. The van der Waals surface area contributed by atoms with Crippen molar-refractivity contribution in [2.45, 2.75) is 0 Å². The number of nitrogens with one attached hydrogen (secondary N) is 1. The first-order valence-electron chi connectivity index (χ1n) is 10.4. The molecule has 4 aromatic rings. The van der Waals surface area contributed by atoms with Crippen LogP contribution < -0.4 is 15.1 Å². The zero-order valence-corrected chi connectivity index (χ0v) is 17.3. The number of benzene rings is 2. The molecule has 1 aliphatic rings. The Kier molecular flexibility index (Phi) is 5.33. The lowest BCUT2D eigenvalue weighted by Gasteiger charge is -2.37. The summed E-state index contributed by atoms with van der Waals surface area (Å²) in [4.78, 5) is 21.3. The number of hydrogen-bond acceptors (Lipinski definition) is 6. The second-order valence-electron chi connectivity index (χ2n) is 7.56. The van der Waals surface area contributed by atoms with Crippen LogP contribution in [-0.2, 0) is 0 Å². The number of anilines is 3. The van der Waals surface area contributed by atoms with Crippen LogP contribution in [0.4, 0.5) is 21.6 Å². The molecular weight excluding hydrogens is 407 g/mol. The van der Waals surface area contributed by atoms with Crippen LogP contribution in [0.25, 0.3) is 10.8 Å². The summed E-state index contributed by atoms with van der Waals surface area (Å²) >= 11 is 0. The first-order chi connectivity index (χ1) is 15.7. The molecule has 0 spiro atoms. The van der Waals surface area contributed by atoms with E-state index in [1.54, 1.807) is 36.7 Å². The van der Waals surface area contributed by atoms with Crippen LogP contribution in [0.1, 0.15) is 10.5 Å². The highest BCUT2D eigenvalue weighted by molar-refractivity contribution is 6.12. The molecule has 0 bridgehead atoms. The van der Waals surface area contributed by atoms with Crippen molar-refractivity contribution in [3.63, 3.8) is 0 Å². The monoisotopic (exact) mass is 428 g/mol. The van der Waals surface area contributed by atoms with Gasteiger partial charge in [-0.3, -0.25) is 9.78 Å². The van der Waals surface area contributed by atoms with E-state index >= 15 is 0 Å². The smallest absolute Gasteiger partial charge is 0.276 e. The first-order valence-corrected chi connectivity index (χ1v) is 10.4. The number of amides is 1. The molecule has 1 saturated heterocycles. The minimum atomic E-state index is -0.325. The van der Waals surface area contributed by atoms with E-state index in [0.717, 1.165) is 48.5 Å². The summed E-state index contributed by atoms with van der Waals surface area (Å²) in [5.41, 5.74) is 1.88. The van der Waals surface area contributed by atoms with E-state index in [0.29, 0.717) is 5.69 Å². The Morgan fingerprint density at radius 1 is 0.844 bits per heavy atom. The Bertz CT molecular complexity index is 1240. The van der Waals surface area contributed by atoms with Gasteiger partial charge in [0.05, 0.1) is 11.9 Å². The highest BCUT2D eigenvalue weighted by Crippen LogP contribution is 2.28. The number of halogens is 1. The molecule has 1 N–H and O–H groups in total. The van der Waals surface area contributed by atoms with Gasteiger partial charge in [0, 0.05) is 48.8 Å². The van der Waals surface area contributed by atoms with Crippen molar-refractivity contribution in [1.82, 2.24) is 15.2 Å². The number of carbonyl (C=O) groups excluding carboxylic acids is 1. The average molecular weight is 428 g/mol. The Morgan fingerprint density at radius 2 is 1.56 bits per heavy atom. The fraction of sp³-hybridized carbons (Fsp3) is 0.167. The molecule has 160 valence electrons. The maximum atomic E-state index is 13.2. The minimum Gasteiger partial charge on any atom is -0.368 e. The van der Waals surface area contributed by atoms with Crippen molar-refractivity contribution in [1.29, 1.82) is 0 Å². The molecule has 1 amide bonds. The van der Waals surface area contributed by atoms with E-state index in [9.17, 15) is 9.18 Å². The topological polar surface area (TPSA) is 74.2 Å². The highest BCUT2D eigenvalue weighted by atomic mass is 19.1. The summed E-state index contributed by atoms with van der Waals surface area (Å²) in [5.74, 6) is 0.202. The van der Waals surface area contributed by atoms with E-state index in [-0.39, 0.29) is 17.4 Å². The Hall–Kier alpha value is -4.07. The lowest BCUT2D eigenvalue weighted by molar-refractivity contribution is 0.102. The molecule has 2 aromatic carbocycles. The van der Waals surface area contributed by atoms with Crippen LogP contribution in [0.15, 0.2) is 73.1 Å². The van der Waals surface area contributed by atoms with Gasteiger partial charge in [-0.25, -0.2) is 4.39 Å². The number of rotatable bonds is 4. The average Bonchev–Trinajstić information content (AvgIpc) is 2.84. The molecule has 0 saturated carbocycles. The van der Waals surface area contributed by atoms with Crippen molar-refractivity contribution in [2.24, 2.45) is 0 Å². The summed E-state index contributed by atoms with van der Waals surface area (Å²) in [7, 11) is 0. The summed E-state index contributed by atoms with van der Waals surface area (Å²) < 4.78 is 13.2. The predicted molar refractivity (Wildman–Crippen MR) is 123 cm³/mol. The van der Waals surface area contributed by atoms with Gasteiger partial charge in [0.2, 0.25) is 0 Å². The van der Waals surface area contributed by atoms with Gasteiger partial charge in [0.15, 0.2) is 11.5 Å². The number of hydrogen-bond donors (Lipinski definition) is 1. The maximum absolute atomic E-state index is 13.2. The van der Waals surface area contributed by atoms with E-state index < -0.39 is 0 Å². The molecule has 0 unspecified atom stereocenters. The van der Waals surface area contributed by atoms with Crippen LogP contribution in [0, 0.1) is 5.82 Å². The van der Waals surface area contributed by atoms with Crippen LogP contribution >= 0.6 is 0 Å². The molecule has 32 heavy (non-hydrogen) atoms. The Morgan fingerprint density at radius 3 is 2.28 bits per heavy atom. The summed E-state index contributed by atoms with van der Waals surface area (Å²) in [6, 6.07) is 17.8. The second kappa shape index (κ2) is 8.58. The van der Waals surface area contributed by atoms with Gasteiger partial charge in [-0.15, -0.1) is 10.2 Å². The fourth-order valence-electron chi connectivity index (χ4n) is 3.95. The lowest BCUT2D eigenvalue weighted by atomic mass is 10.1. The zero-order chi connectivity index (χ0) is 21.9. The lowest BCUT2D eigenvalue weighted by Crippen LogP contribution is -2.47.